The Balaban J connectivity index is 2.78. The van der Waals surface area contributed by atoms with Crippen molar-refractivity contribution in [1.29, 1.82) is 5.26 Å². The number of nitrogens with zero attached hydrogens (tertiary/aromatic N) is 1. The molecule has 1 aromatic rings. The molecule has 0 saturated carbocycles. The van der Waals surface area contributed by atoms with Crippen molar-refractivity contribution < 1.29 is 9.53 Å². The summed E-state index contributed by atoms with van der Waals surface area (Å²) in [6, 6.07) is 1.76. The lowest BCUT2D eigenvalue weighted by molar-refractivity contribution is 0.0599. The Hall–Kier alpha value is -2.09. The van der Waals surface area contributed by atoms with E-state index < -0.39 is 11.5 Å². The molecule has 1 heterocycles. The second kappa shape index (κ2) is 3.81. The highest BCUT2D eigenvalue weighted by Crippen LogP contribution is 2.24. The summed E-state index contributed by atoms with van der Waals surface area (Å²) < 4.78 is 4.62. The van der Waals surface area contributed by atoms with Crippen LogP contribution in [-0.2, 0) is 17.6 Å². The highest BCUT2D eigenvalue weighted by molar-refractivity contribution is 5.94. The van der Waals surface area contributed by atoms with Crippen molar-refractivity contribution in [3.8, 4) is 6.07 Å². The van der Waals surface area contributed by atoms with Crippen LogP contribution in [0.5, 0.6) is 0 Å². The zero-order valence-corrected chi connectivity index (χ0v) is 8.79. The van der Waals surface area contributed by atoms with Gasteiger partial charge in [-0.15, -0.1) is 0 Å². The lowest BCUT2D eigenvalue weighted by Crippen LogP contribution is -2.20. The van der Waals surface area contributed by atoms with Crippen molar-refractivity contribution in [3.63, 3.8) is 0 Å². The number of esters is 1. The molecular weight excluding hydrogens is 208 g/mol. The molecule has 0 atom stereocenters. The monoisotopic (exact) mass is 218 g/mol. The zero-order chi connectivity index (χ0) is 11.7. The number of methoxy groups -OCH3 is 1. The summed E-state index contributed by atoms with van der Waals surface area (Å²) in [4.78, 5) is 25.8. The second-order valence-electron chi connectivity index (χ2n) is 3.62. The third kappa shape index (κ3) is 1.39. The smallest absolute Gasteiger partial charge is 0.339 e. The molecule has 0 unspecified atom stereocenters. The predicted octanol–water partition coefficient (Wildman–Crippen LogP) is 0.522. The van der Waals surface area contributed by atoms with Gasteiger partial charge in [-0.2, -0.15) is 5.26 Å². The topological polar surface area (TPSA) is 83.0 Å². The predicted molar refractivity (Wildman–Crippen MR) is 55.1 cm³/mol. The van der Waals surface area contributed by atoms with Gasteiger partial charge in [-0.3, -0.25) is 4.79 Å². The van der Waals surface area contributed by atoms with Crippen LogP contribution >= 0.6 is 0 Å². The van der Waals surface area contributed by atoms with E-state index in [1.165, 1.54) is 7.11 Å². The van der Waals surface area contributed by atoms with Crippen LogP contribution < -0.4 is 5.56 Å². The average molecular weight is 218 g/mol. The number of nitrogens with one attached hydrogen (secondary N) is 1. The Morgan fingerprint density at radius 1 is 1.50 bits per heavy atom. The number of aromatic nitrogens is 1. The maximum absolute atomic E-state index is 11.6. The third-order valence-electron chi connectivity index (χ3n) is 2.76. The van der Waals surface area contributed by atoms with Gasteiger partial charge in [0.1, 0.15) is 11.6 Å². The van der Waals surface area contributed by atoms with Crippen molar-refractivity contribution in [2.24, 2.45) is 0 Å². The van der Waals surface area contributed by atoms with E-state index in [0.29, 0.717) is 6.42 Å². The van der Waals surface area contributed by atoms with Gasteiger partial charge >= 0.3 is 5.97 Å². The van der Waals surface area contributed by atoms with Gasteiger partial charge in [0.05, 0.1) is 12.7 Å². The number of carbonyl (C=O) groups is 1. The van der Waals surface area contributed by atoms with Crippen LogP contribution in [0.25, 0.3) is 0 Å². The number of fused-ring (bicyclic) bond motifs is 1. The first-order valence-electron chi connectivity index (χ1n) is 4.95. The van der Waals surface area contributed by atoms with Crippen LogP contribution in [-0.4, -0.2) is 18.1 Å². The molecule has 1 aliphatic rings. The van der Waals surface area contributed by atoms with E-state index in [9.17, 15) is 9.59 Å². The van der Waals surface area contributed by atoms with E-state index in [0.717, 1.165) is 24.1 Å². The number of pyridine rings is 1. The quantitative estimate of drug-likeness (QED) is 0.696. The fraction of sp³-hybridized carbons (Fsp3) is 0.364. The minimum Gasteiger partial charge on any atom is -0.465 e. The number of hydrogen-bond acceptors (Lipinski definition) is 4. The molecule has 0 aliphatic heterocycles. The SMILES string of the molecule is COC(=O)c1c2c([nH]c(=O)c1C#N)CCC2. The van der Waals surface area contributed by atoms with Crippen LogP contribution in [0.2, 0.25) is 0 Å². The van der Waals surface area contributed by atoms with Crippen molar-refractivity contribution in [2.45, 2.75) is 19.3 Å². The molecule has 16 heavy (non-hydrogen) atoms. The zero-order valence-electron chi connectivity index (χ0n) is 8.79. The summed E-state index contributed by atoms with van der Waals surface area (Å²) in [5, 5.41) is 8.90. The molecule has 0 aromatic carbocycles. The molecule has 82 valence electrons. The number of rotatable bonds is 1. The van der Waals surface area contributed by atoms with Gasteiger partial charge in [-0.1, -0.05) is 0 Å². The molecule has 2 rings (SSSR count). The van der Waals surface area contributed by atoms with Gasteiger partial charge in [0.2, 0.25) is 0 Å². The lowest BCUT2D eigenvalue weighted by atomic mass is 10.0. The largest absolute Gasteiger partial charge is 0.465 e. The number of nitriles is 1. The van der Waals surface area contributed by atoms with Gasteiger partial charge in [0.25, 0.3) is 5.56 Å². The number of hydrogen-bond donors (Lipinski definition) is 1. The van der Waals surface area contributed by atoms with E-state index in [1.54, 1.807) is 6.07 Å². The Morgan fingerprint density at radius 2 is 2.25 bits per heavy atom. The van der Waals surface area contributed by atoms with Gasteiger partial charge in [-0.05, 0) is 24.8 Å². The number of ether oxygens (including phenoxy) is 1. The number of aromatic amines is 1. The van der Waals surface area contributed by atoms with Crippen molar-refractivity contribution in [2.75, 3.05) is 7.11 Å². The van der Waals surface area contributed by atoms with Gasteiger partial charge in [-0.25, -0.2) is 4.79 Å². The highest BCUT2D eigenvalue weighted by atomic mass is 16.5. The van der Waals surface area contributed by atoms with Crippen molar-refractivity contribution >= 4 is 5.97 Å². The minimum absolute atomic E-state index is 0.140. The maximum Gasteiger partial charge on any atom is 0.339 e. The Kier molecular flexibility index (Phi) is 2.49. The molecule has 1 aliphatic carbocycles. The molecule has 0 saturated heterocycles. The lowest BCUT2D eigenvalue weighted by Gasteiger charge is -2.07. The first kappa shape index (κ1) is 10.4. The summed E-state index contributed by atoms with van der Waals surface area (Å²) in [6.45, 7) is 0. The summed E-state index contributed by atoms with van der Waals surface area (Å²) in [5.74, 6) is -0.610. The van der Waals surface area contributed by atoms with Gasteiger partial charge in [0, 0.05) is 5.69 Å². The Morgan fingerprint density at radius 3 is 2.88 bits per heavy atom. The molecule has 0 fully saturated rings. The third-order valence-corrected chi connectivity index (χ3v) is 2.76. The fourth-order valence-corrected chi connectivity index (χ4v) is 2.06. The molecule has 0 amide bonds. The molecule has 5 nitrogen and oxygen atoms in total. The van der Waals surface area contributed by atoms with Crippen molar-refractivity contribution in [1.82, 2.24) is 4.98 Å². The van der Waals surface area contributed by atoms with Gasteiger partial charge < -0.3 is 9.72 Å². The number of aryl methyl sites for hydroxylation is 1. The highest BCUT2D eigenvalue weighted by Gasteiger charge is 2.26. The van der Waals surface area contributed by atoms with Crippen LogP contribution in [0, 0.1) is 11.3 Å². The Bertz CT molecular complexity index is 552. The maximum atomic E-state index is 11.6. The summed E-state index contributed by atoms with van der Waals surface area (Å²) in [6.07, 6.45) is 2.32. The van der Waals surface area contributed by atoms with Crippen LogP contribution in [0.1, 0.15) is 33.6 Å². The van der Waals surface area contributed by atoms with Gasteiger partial charge in [0.15, 0.2) is 0 Å². The summed E-state index contributed by atoms with van der Waals surface area (Å²) in [5.41, 5.74) is 0.990. The van der Waals surface area contributed by atoms with Crippen LogP contribution in [0.3, 0.4) is 0 Å². The first-order chi connectivity index (χ1) is 7.69. The van der Waals surface area contributed by atoms with E-state index in [2.05, 4.69) is 9.72 Å². The first-order valence-corrected chi connectivity index (χ1v) is 4.95. The van der Waals surface area contributed by atoms with Crippen LogP contribution in [0.15, 0.2) is 4.79 Å². The number of H-pyrrole nitrogens is 1. The summed E-state index contributed by atoms with van der Waals surface area (Å²) >= 11 is 0. The molecule has 0 radical (unpaired) electrons. The molecule has 1 N–H and O–H groups in total. The van der Waals surface area contributed by atoms with E-state index in [4.69, 9.17) is 5.26 Å². The standard InChI is InChI=1S/C11H10N2O3/c1-16-11(15)9-6-3-2-4-8(6)13-10(14)7(9)5-12/h2-4H2,1H3,(H,13,14). The average Bonchev–Trinajstić information content (AvgIpc) is 2.73. The number of carbonyl (C=O) groups excluding carboxylic acids is 1. The molecular formula is C11H10N2O3. The Labute approximate surface area is 91.7 Å². The van der Waals surface area contributed by atoms with E-state index >= 15 is 0 Å². The van der Waals surface area contributed by atoms with Crippen LogP contribution in [0.4, 0.5) is 0 Å². The molecule has 0 bridgehead atoms. The molecule has 0 spiro atoms. The summed E-state index contributed by atoms with van der Waals surface area (Å²) in [7, 11) is 1.24. The normalized spacial score (nSPS) is 13.0. The second-order valence-corrected chi connectivity index (χ2v) is 3.62. The van der Waals surface area contributed by atoms with Crippen molar-refractivity contribution in [3.05, 3.63) is 32.7 Å². The molecule has 1 aromatic heterocycles. The minimum atomic E-state index is -0.610. The van der Waals surface area contributed by atoms with E-state index in [1.807, 2.05) is 0 Å². The molecule has 5 heteroatoms. The van der Waals surface area contributed by atoms with E-state index in [-0.39, 0.29) is 11.1 Å². The fourth-order valence-electron chi connectivity index (χ4n) is 2.06.